The SMILES string of the molecule is O=C(NCCc1ccccc1)n1nc(-c2ccc(Cl)cc2)c(-c2ccc(Cl)cc2Cl)n1. The summed E-state index contributed by atoms with van der Waals surface area (Å²) in [4.78, 5) is 13.8. The third kappa shape index (κ3) is 5.07. The van der Waals surface area contributed by atoms with E-state index in [9.17, 15) is 4.79 Å². The lowest BCUT2D eigenvalue weighted by atomic mass is 10.1. The van der Waals surface area contributed by atoms with E-state index in [4.69, 9.17) is 34.8 Å². The molecule has 0 saturated carbocycles. The van der Waals surface area contributed by atoms with Gasteiger partial charge in [0, 0.05) is 27.7 Å². The molecule has 0 aliphatic rings. The minimum absolute atomic E-state index is 0.416. The maximum Gasteiger partial charge on any atom is 0.359 e. The van der Waals surface area contributed by atoms with Gasteiger partial charge in [-0.2, -0.15) is 0 Å². The average molecular weight is 472 g/mol. The van der Waals surface area contributed by atoms with E-state index < -0.39 is 6.03 Å². The lowest BCUT2D eigenvalue weighted by molar-refractivity contribution is 0.236. The maximum absolute atomic E-state index is 12.7. The summed E-state index contributed by atoms with van der Waals surface area (Å²) in [5.74, 6) is 0. The van der Waals surface area contributed by atoms with Crippen molar-refractivity contribution in [3.05, 3.63) is 93.4 Å². The van der Waals surface area contributed by atoms with Gasteiger partial charge >= 0.3 is 6.03 Å². The van der Waals surface area contributed by atoms with Crippen molar-refractivity contribution < 1.29 is 4.79 Å². The maximum atomic E-state index is 12.7. The van der Waals surface area contributed by atoms with Crippen LogP contribution >= 0.6 is 34.8 Å². The van der Waals surface area contributed by atoms with E-state index in [0.717, 1.165) is 15.9 Å². The third-order valence-corrected chi connectivity index (χ3v) is 5.43. The van der Waals surface area contributed by atoms with Gasteiger partial charge in [0.25, 0.3) is 0 Å². The monoisotopic (exact) mass is 470 g/mol. The van der Waals surface area contributed by atoms with Crippen molar-refractivity contribution in [3.8, 4) is 22.5 Å². The molecule has 0 spiro atoms. The molecule has 0 unspecified atom stereocenters. The predicted octanol–water partition coefficient (Wildman–Crippen LogP) is 6.37. The minimum Gasteiger partial charge on any atom is -0.335 e. The minimum atomic E-state index is -0.428. The van der Waals surface area contributed by atoms with Gasteiger partial charge in [-0.3, -0.25) is 0 Å². The quantitative estimate of drug-likeness (QED) is 0.368. The van der Waals surface area contributed by atoms with Crippen molar-refractivity contribution in [1.82, 2.24) is 20.3 Å². The van der Waals surface area contributed by atoms with Gasteiger partial charge in [0.05, 0.1) is 5.02 Å². The molecule has 0 fully saturated rings. The van der Waals surface area contributed by atoms with Crippen LogP contribution in [0.1, 0.15) is 5.56 Å². The van der Waals surface area contributed by atoms with Crippen LogP contribution in [0, 0.1) is 0 Å². The number of amides is 1. The first-order valence-corrected chi connectivity index (χ1v) is 10.7. The molecule has 0 saturated heterocycles. The number of hydrogen-bond acceptors (Lipinski definition) is 3. The van der Waals surface area contributed by atoms with Gasteiger partial charge in [0.15, 0.2) is 0 Å². The summed E-state index contributed by atoms with van der Waals surface area (Å²) in [5.41, 5.74) is 3.50. The molecular formula is C23H17Cl3N4O. The molecule has 8 heteroatoms. The first-order chi connectivity index (χ1) is 15.0. The standard InChI is InChI=1S/C23H17Cl3N4O/c24-17-8-6-16(7-9-17)21-22(19-11-10-18(25)14-20(19)26)29-30(28-21)23(31)27-13-12-15-4-2-1-3-5-15/h1-11,14H,12-13H2,(H,27,31). The van der Waals surface area contributed by atoms with Crippen LogP contribution in [0.4, 0.5) is 4.79 Å². The predicted molar refractivity (Wildman–Crippen MR) is 125 cm³/mol. The normalized spacial score (nSPS) is 10.8. The number of benzene rings is 3. The van der Waals surface area contributed by atoms with Crippen LogP contribution in [0.15, 0.2) is 72.8 Å². The molecule has 0 aliphatic heterocycles. The number of halogens is 3. The zero-order valence-electron chi connectivity index (χ0n) is 16.2. The Kier molecular flexibility index (Phi) is 6.56. The Balaban J connectivity index is 1.64. The van der Waals surface area contributed by atoms with Crippen LogP contribution in [-0.2, 0) is 6.42 Å². The molecule has 1 amide bonds. The molecule has 4 aromatic rings. The molecule has 156 valence electrons. The smallest absolute Gasteiger partial charge is 0.335 e. The Morgan fingerprint density at radius 3 is 2.23 bits per heavy atom. The molecular weight excluding hydrogens is 455 g/mol. The number of carbonyl (C=O) groups excluding carboxylic acids is 1. The van der Waals surface area contributed by atoms with Crippen LogP contribution < -0.4 is 5.32 Å². The highest BCUT2D eigenvalue weighted by Crippen LogP contribution is 2.35. The third-order valence-electron chi connectivity index (χ3n) is 4.63. The molecule has 31 heavy (non-hydrogen) atoms. The fourth-order valence-corrected chi connectivity index (χ4v) is 3.72. The average Bonchev–Trinajstić information content (AvgIpc) is 3.20. The Labute approximate surface area is 194 Å². The van der Waals surface area contributed by atoms with E-state index in [0.29, 0.717) is 45.0 Å². The number of aromatic nitrogens is 3. The Morgan fingerprint density at radius 1 is 0.839 bits per heavy atom. The van der Waals surface area contributed by atoms with Gasteiger partial charge in [0.2, 0.25) is 0 Å². The summed E-state index contributed by atoms with van der Waals surface area (Å²) in [6.07, 6.45) is 0.702. The van der Waals surface area contributed by atoms with Crippen LogP contribution in [0.25, 0.3) is 22.5 Å². The van der Waals surface area contributed by atoms with E-state index in [1.165, 1.54) is 0 Å². The Morgan fingerprint density at radius 2 is 1.52 bits per heavy atom. The Hall–Kier alpha value is -2.86. The van der Waals surface area contributed by atoms with Gasteiger partial charge in [0.1, 0.15) is 11.4 Å². The van der Waals surface area contributed by atoms with Gasteiger partial charge in [-0.1, -0.05) is 82.1 Å². The molecule has 1 heterocycles. The van der Waals surface area contributed by atoms with E-state index in [1.54, 1.807) is 30.3 Å². The lowest BCUT2D eigenvalue weighted by Crippen LogP contribution is -2.31. The molecule has 3 aromatic carbocycles. The highest BCUT2D eigenvalue weighted by Gasteiger charge is 2.20. The van der Waals surface area contributed by atoms with Crippen molar-refractivity contribution in [1.29, 1.82) is 0 Å². The molecule has 0 aliphatic carbocycles. The van der Waals surface area contributed by atoms with E-state index in [1.807, 2.05) is 42.5 Å². The highest BCUT2D eigenvalue weighted by atomic mass is 35.5. The number of nitrogens with one attached hydrogen (secondary N) is 1. The first kappa shape index (κ1) is 21.4. The topological polar surface area (TPSA) is 59.8 Å². The fraction of sp³-hybridized carbons (Fsp3) is 0.0870. The number of carbonyl (C=O) groups is 1. The van der Waals surface area contributed by atoms with Gasteiger partial charge < -0.3 is 5.32 Å². The van der Waals surface area contributed by atoms with Crippen molar-refractivity contribution in [3.63, 3.8) is 0 Å². The largest absolute Gasteiger partial charge is 0.359 e. The van der Waals surface area contributed by atoms with Crippen LogP contribution in [0.5, 0.6) is 0 Å². The number of rotatable bonds is 5. The van der Waals surface area contributed by atoms with Crippen LogP contribution in [0.3, 0.4) is 0 Å². The van der Waals surface area contributed by atoms with Crippen molar-refractivity contribution in [2.24, 2.45) is 0 Å². The summed E-state index contributed by atoms with van der Waals surface area (Å²) in [5, 5.41) is 13.2. The van der Waals surface area contributed by atoms with Crippen LogP contribution in [0.2, 0.25) is 15.1 Å². The molecule has 0 bridgehead atoms. The number of hydrogen-bond donors (Lipinski definition) is 1. The second-order valence-electron chi connectivity index (χ2n) is 6.79. The van der Waals surface area contributed by atoms with Gasteiger partial charge in [-0.15, -0.1) is 10.2 Å². The first-order valence-electron chi connectivity index (χ1n) is 9.52. The second kappa shape index (κ2) is 9.52. The lowest BCUT2D eigenvalue weighted by Gasteiger charge is -2.04. The summed E-state index contributed by atoms with van der Waals surface area (Å²) in [6, 6.07) is 21.7. The summed E-state index contributed by atoms with van der Waals surface area (Å²) in [6.45, 7) is 0.456. The van der Waals surface area contributed by atoms with E-state index in [2.05, 4.69) is 15.5 Å². The Bertz CT molecular complexity index is 1210. The van der Waals surface area contributed by atoms with Crippen molar-refractivity contribution >= 4 is 40.8 Å². The summed E-state index contributed by atoms with van der Waals surface area (Å²) >= 11 is 18.5. The van der Waals surface area contributed by atoms with E-state index >= 15 is 0 Å². The van der Waals surface area contributed by atoms with Crippen molar-refractivity contribution in [2.45, 2.75) is 6.42 Å². The summed E-state index contributed by atoms with van der Waals surface area (Å²) in [7, 11) is 0. The van der Waals surface area contributed by atoms with Gasteiger partial charge in [-0.25, -0.2) is 4.79 Å². The molecule has 0 atom stereocenters. The van der Waals surface area contributed by atoms with E-state index in [-0.39, 0.29) is 0 Å². The summed E-state index contributed by atoms with van der Waals surface area (Å²) < 4.78 is 0. The molecule has 1 N–H and O–H groups in total. The molecule has 4 rings (SSSR count). The fourth-order valence-electron chi connectivity index (χ4n) is 3.09. The second-order valence-corrected chi connectivity index (χ2v) is 8.07. The zero-order valence-corrected chi connectivity index (χ0v) is 18.5. The highest BCUT2D eigenvalue weighted by molar-refractivity contribution is 6.36. The van der Waals surface area contributed by atoms with Crippen molar-refractivity contribution in [2.75, 3.05) is 6.54 Å². The van der Waals surface area contributed by atoms with Gasteiger partial charge in [-0.05, 0) is 42.3 Å². The number of nitrogens with zero attached hydrogens (tertiary/aromatic N) is 3. The molecule has 1 aromatic heterocycles. The van der Waals surface area contributed by atoms with Crippen LogP contribution in [-0.4, -0.2) is 27.6 Å². The molecule has 0 radical (unpaired) electrons. The molecule has 5 nitrogen and oxygen atoms in total. The zero-order chi connectivity index (χ0) is 21.8.